The van der Waals surface area contributed by atoms with E-state index in [1.54, 1.807) is 94.4 Å². The average Bonchev–Trinajstić information content (AvgIpc) is 3.36. The molecule has 3 aromatic carbocycles. The second-order valence-electron chi connectivity index (χ2n) is 17.7. The third-order valence-corrected chi connectivity index (χ3v) is 12.7. The number of piperidine rings is 3. The van der Waals surface area contributed by atoms with E-state index < -0.39 is 16.8 Å². The molecule has 1 unspecified atom stereocenters. The van der Waals surface area contributed by atoms with Crippen LogP contribution in [-0.2, 0) is 16.8 Å². The SMILES string of the molecule is CC(O)(c1ccc(F)cc1)c1cnc(N2CCCCC2)nc1.C[C@@](O)(c1ccc(F)cc1)c1cnc(N2CCCCC2)nc1.C[C@](O)(c1ccc(F)cc1)c1cnc(N2CCCCC2)nc1. The molecule has 3 aromatic heterocycles. The Bertz CT molecular complexity index is 2130. The van der Waals surface area contributed by atoms with Crippen LogP contribution in [0, 0.1) is 17.5 Å². The van der Waals surface area contributed by atoms with Crippen molar-refractivity contribution < 1.29 is 28.5 Å². The van der Waals surface area contributed by atoms with Crippen LogP contribution in [0.3, 0.4) is 0 Å². The van der Waals surface area contributed by atoms with Crippen LogP contribution in [0.1, 0.15) is 112 Å². The first-order valence-corrected chi connectivity index (χ1v) is 22.9. The lowest BCUT2D eigenvalue weighted by Crippen LogP contribution is -2.31. The van der Waals surface area contributed by atoms with Crippen LogP contribution >= 0.6 is 0 Å². The minimum atomic E-state index is -1.24. The van der Waals surface area contributed by atoms with Crippen LogP contribution in [-0.4, -0.2) is 84.5 Å². The number of anilines is 3. The van der Waals surface area contributed by atoms with Gasteiger partial charge in [-0.25, -0.2) is 43.1 Å². The highest BCUT2D eigenvalue weighted by Gasteiger charge is 2.30. The Morgan fingerprint density at radius 3 is 0.727 bits per heavy atom. The van der Waals surface area contributed by atoms with E-state index in [9.17, 15) is 28.5 Å². The summed E-state index contributed by atoms with van der Waals surface area (Å²) in [5, 5.41) is 32.2. The molecular weight excluding hydrogens is 844 g/mol. The largest absolute Gasteiger partial charge is 0.381 e. The van der Waals surface area contributed by atoms with Gasteiger partial charge < -0.3 is 30.0 Å². The van der Waals surface area contributed by atoms with Gasteiger partial charge in [0.1, 0.15) is 34.3 Å². The summed E-state index contributed by atoms with van der Waals surface area (Å²) in [6.45, 7) is 10.9. The molecule has 3 N–H and O–H groups in total. The third-order valence-electron chi connectivity index (χ3n) is 12.7. The predicted octanol–water partition coefficient (Wildman–Crippen LogP) is 8.59. The Kier molecular flexibility index (Phi) is 15.6. The number of halogens is 3. The minimum absolute atomic E-state index is 0.323. The molecule has 66 heavy (non-hydrogen) atoms. The molecule has 0 saturated carbocycles. The summed E-state index contributed by atoms with van der Waals surface area (Å²) in [6.07, 6.45) is 20.7. The summed E-state index contributed by atoms with van der Waals surface area (Å²) in [5.41, 5.74) is -0.0922. The van der Waals surface area contributed by atoms with Crippen molar-refractivity contribution in [1.29, 1.82) is 0 Å². The second-order valence-corrected chi connectivity index (χ2v) is 17.7. The zero-order valence-corrected chi connectivity index (χ0v) is 38.0. The summed E-state index contributed by atoms with van der Waals surface area (Å²) >= 11 is 0. The summed E-state index contributed by atoms with van der Waals surface area (Å²) in [4.78, 5) is 32.9. The lowest BCUT2D eigenvalue weighted by atomic mass is 9.90. The highest BCUT2D eigenvalue weighted by Crippen LogP contribution is 2.32. The number of hydrogen-bond donors (Lipinski definition) is 3. The lowest BCUT2D eigenvalue weighted by Gasteiger charge is -2.28. The van der Waals surface area contributed by atoms with Gasteiger partial charge >= 0.3 is 0 Å². The molecule has 12 nitrogen and oxygen atoms in total. The van der Waals surface area contributed by atoms with Crippen LogP contribution in [0.4, 0.5) is 31.0 Å². The van der Waals surface area contributed by atoms with Crippen molar-refractivity contribution in [3.63, 3.8) is 0 Å². The molecule has 0 aliphatic carbocycles. The number of benzene rings is 3. The summed E-state index contributed by atoms with van der Waals surface area (Å²) in [7, 11) is 0. The van der Waals surface area contributed by atoms with E-state index in [4.69, 9.17) is 0 Å². The molecule has 15 heteroatoms. The lowest BCUT2D eigenvalue weighted by molar-refractivity contribution is 0.101. The Balaban J connectivity index is 0.000000147. The molecule has 6 heterocycles. The fraction of sp³-hybridized carbons (Fsp3) is 0.412. The van der Waals surface area contributed by atoms with E-state index >= 15 is 0 Å². The number of hydrogen-bond acceptors (Lipinski definition) is 12. The van der Waals surface area contributed by atoms with Crippen LogP contribution in [0.2, 0.25) is 0 Å². The van der Waals surface area contributed by atoms with Gasteiger partial charge in [-0.3, -0.25) is 0 Å². The van der Waals surface area contributed by atoms with Gasteiger partial charge in [0.25, 0.3) is 0 Å². The van der Waals surface area contributed by atoms with Crippen molar-refractivity contribution >= 4 is 17.8 Å². The van der Waals surface area contributed by atoms with Crippen LogP contribution in [0.15, 0.2) is 110 Å². The van der Waals surface area contributed by atoms with Gasteiger partial charge in [-0.2, -0.15) is 0 Å². The number of aromatic nitrogens is 6. The van der Waals surface area contributed by atoms with Crippen LogP contribution in [0.25, 0.3) is 0 Å². The molecule has 0 radical (unpaired) electrons. The molecule has 0 spiro atoms. The Morgan fingerprint density at radius 2 is 0.530 bits per heavy atom. The fourth-order valence-corrected chi connectivity index (χ4v) is 8.31. The minimum Gasteiger partial charge on any atom is -0.381 e. The predicted molar refractivity (Wildman–Crippen MR) is 250 cm³/mol. The molecule has 0 amide bonds. The number of nitrogens with zero attached hydrogens (tertiary/aromatic N) is 9. The molecule has 6 aromatic rings. The van der Waals surface area contributed by atoms with Gasteiger partial charge in [0.2, 0.25) is 17.8 Å². The van der Waals surface area contributed by atoms with Crippen molar-refractivity contribution in [3.05, 3.63) is 161 Å². The quantitative estimate of drug-likeness (QED) is 0.128. The maximum Gasteiger partial charge on any atom is 0.225 e. The van der Waals surface area contributed by atoms with Crippen molar-refractivity contribution in [2.75, 3.05) is 54.0 Å². The van der Waals surface area contributed by atoms with E-state index in [0.717, 1.165) is 39.3 Å². The van der Waals surface area contributed by atoms with Crippen molar-refractivity contribution in [1.82, 2.24) is 29.9 Å². The van der Waals surface area contributed by atoms with Gasteiger partial charge in [0.15, 0.2) is 0 Å². The van der Waals surface area contributed by atoms with Crippen molar-refractivity contribution in [2.45, 2.75) is 95.4 Å². The van der Waals surface area contributed by atoms with E-state index in [1.165, 1.54) is 94.2 Å². The maximum absolute atomic E-state index is 13.0. The molecule has 3 atom stereocenters. The zero-order valence-electron chi connectivity index (χ0n) is 38.0. The number of aliphatic hydroxyl groups is 3. The van der Waals surface area contributed by atoms with E-state index in [2.05, 4.69) is 44.6 Å². The van der Waals surface area contributed by atoms with E-state index in [-0.39, 0.29) is 17.5 Å². The summed E-state index contributed by atoms with van der Waals surface area (Å²) in [6, 6.07) is 17.5. The van der Waals surface area contributed by atoms with Crippen molar-refractivity contribution in [2.24, 2.45) is 0 Å². The molecular formula is C51H60F3N9O3. The zero-order chi connectivity index (χ0) is 46.7. The maximum atomic E-state index is 13.0. The molecule has 3 aliphatic rings. The smallest absolute Gasteiger partial charge is 0.225 e. The fourth-order valence-electron chi connectivity index (χ4n) is 8.31. The molecule has 3 saturated heterocycles. The average molecular weight is 904 g/mol. The molecule has 3 fully saturated rings. The Morgan fingerprint density at radius 1 is 0.333 bits per heavy atom. The highest BCUT2D eigenvalue weighted by molar-refractivity contribution is 5.39. The van der Waals surface area contributed by atoms with Gasteiger partial charge in [-0.1, -0.05) is 36.4 Å². The van der Waals surface area contributed by atoms with Crippen LogP contribution < -0.4 is 14.7 Å². The molecule has 9 rings (SSSR count). The first kappa shape index (κ1) is 47.9. The van der Waals surface area contributed by atoms with E-state index in [1.807, 2.05) is 0 Å². The molecule has 3 aliphatic heterocycles. The van der Waals surface area contributed by atoms with Gasteiger partial charge in [0, 0.05) is 93.1 Å². The molecule has 348 valence electrons. The number of rotatable bonds is 9. The standard InChI is InChI=1S/3C17H20FN3O/c3*1-17(22,13-5-7-15(18)8-6-13)14-11-19-16(20-12-14)21-9-3-2-4-10-21/h3*5-8,11-12,22H,2-4,9-10H2,1H3/t2*17-;/m10./s1. The van der Waals surface area contributed by atoms with Gasteiger partial charge in [0.05, 0.1) is 0 Å². The first-order valence-electron chi connectivity index (χ1n) is 22.9. The summed E-state index contributed by atoms with van der Waals surface area (Å²) in [5.74, 6) is 1.15. The first-order chi connectivity index (χ1) is 31.7. The van der Waals surface area contributed by atoms with Gasteiger partial charge in [-0.05, 0) is 132 Å². The normalized spacial score (nSPS) is 18.0. The monoisotopic (exact) mass is 903 g/mol. The molecule has 0 bridgehead atoms. The topological polar surface area (TPSA) is 148 Å². The van der Waals surface area contributed by atoms with Crippen molar-refractivity contribution in [3.8, 4) is 0 Å². The highest BCUT2D eigenvalue weighted by atomic mass is 19.1. The second kappa shape index (κ2) is 21.5. The Hall–Kier alpha value is -6.03. The van der Waals surface area contributed by atoms with Crippen LogP contribution in [0.5, 0.6) is 0 Å². The van der Waals surface area contributed by atoms with Gasteiger partial charge in [-0.15, -0.1) is 0 Å². The van der Waals surface area contributed by atoms with E-state index in [0.29, 0.717) is 51.2 Å². The summed E-state index contributed by atoms with van der Waals surface area (Å²) < 4.78 is 39.1. The third kappa shape index (κ3) is 11.9. The Labute approximate surface area is 385 Å².